The van der Waals surface area contributed by atoms with Gasteiger partial charge in [-0.15, -0.1) is 0 Å². The molecule has 1 unspecified atom stereocenters. The van der Waals surface area contributed by atoms with Crippen LogP contribution in [0, 0.1) is 6.92 Å². The SMILES string of the molecule is Cc1cnc(N2CCC(OCC3CCCCO3)CC2)nc1. The van der Waals surface area contributed by atoms with Crippen LogP contribution < -0.4 is 4.90 Å². The highest BCUT2D eigenvalue weighted by atomic mass is 16.5. The van der Waals surface area contributed by atoms with Gasteiger partial charge in [-0.3, -0.25) is 0 Å². The van der Waals surface area contributed by atoms with Crippen molar-refractivity contribution in [2.45, 2.75) is 51.2 Å². The topological polar surface area (TPSA) is 47.5 Å². The maximum absolute atomic E-state index is 6.03. The van der Waals surface area contributed by atoms with Crippen molar-refractivity contribution in [3.8, 4) is 0 Å². The van der Waals surface area contributed by atoms with E-state index < -0.39 is 0 Å². The van der Waals surface area contributed by atoms with Crippen LogP contribution in [-0.2, 0) is 9.47 Å². The second-order valence-electron chi connectivity index (χ2n) is 6.07. The monoisotopic (exact) mass is 291 g/mol. The highest BCUT2D eigenvalue weighted by Crippen LogP contribution is 2.20. The van der Waals surface area contributed by atoms with E-state index in [0.717, 1.165) is 57.1 Å². The first-order chi connectivity index (χ1) is 10.3. The van der Waals surface area contributed by atoms with Gasteiger partial charge in [0.25, 0.3) is 0 Å². The first-order valence-electron chi connectivity index (χ1n) is 8.08. The zero-order valence-electron chi connectivity index (χ0n) is 12.8. The van der Waals surface area contributed by atoms with Crippen LogP contribution in [0.1, 0.15) is 37.7 Å². The summed E-state index contributed by atoms with van der Waals surface area (Å²) < 4.78 is 11.7. The van der Waals surface area contributed by atoms with Gasteiger partial charge in [0.1, 0.15) is 0 Å². The zero-order valence-corrected chi connectivity index (χ0v) is 12.8. The second kappa shape index (κ2) is 7.18. The van der Waals surface area contributed by atoms with Gasteiger partial charge < -0.3 is 14.4 Å². The van der Waals surface area contributed by atoms with E-state index in [-0.39, 0.29) is 0 Å². The molecule has 0 bridgehead atoms. The van der Waals surface area contributed by atoms with Crippen LogP contribution in [0.25, 0.3) is 0 Å². The zero-order chi connectivity index (χ0) is 14.5. The largest absolute Gasteiger partial charge is 0.376 e. The quantitative estimate of drug-likeness (QED) is 0.852. The van der Waals surface area contributed by atoms with Gasteiger partial charge in [-0.25, -0.2) is 9.97 Å². The summed E-state index contributed by atoms with van der Waals surface area (Å²) in [4.78, 5) is 11.0. The average molecular weight is 291 g/mol. The summed E-state index contributed by atoms with van der Waals surface area (Å²) >= 11 is 0. The molecule has 0 N–H and O–H groups in total. The van der Waals surface area contributed by atoms with E-state index in [9.17, 15) is 0 Å². The van der Waals surface area contributed by atoms with Crippen molar-refractivity contribution in [2.24, 2.45) is 0 Å². The fourth-order valence-electron chi connectivity index (χ4n) is 2.95. The predicted molar refractivity (Wildman–Crippen MR) is 81.5 cm³/mol. The second-order valence-corrected chi connectivity index (χ2v) is 6.07. The number of anilines is 1. The molecule has 0 aromatic carbocycles. The van der Waals surface area contributed by atoms with E-state index in [1.54, 1.807) is 0 Å². The van der Waals surface area contributed by atoms with Crippen LogP contribution in [0.3, 0.4) is 0 Å². The molecule has 0 amide bonds. The van der Waals surface area contributed by atoms with Crippen LogP contribution in [-0.4, -0.2) is 48.5 Å². The van der Waals surface area contributed by atoms with Gasteiger partial charge in [0.05, 0.1) is 18.8 Å². The van der Waals surface area contributed by atoms with Crippen LogP contribution in [0.15, 0.2) is 12.4 Å². The molecule has 0 saturated carbocycles. The van der Waals surface area contributed by atoms with Crippen molar-refractivity contribution in [1.82, 2.24) is 9.97 Å². The highest BCUT2D eigenvalue weighted by Gasteiger charge is 2.23. The third kappa shape index (κ3) is 4.14. The minimum atomic E-state index is 0.317. The number of aromatic nitrogens is 2. The summed E-state index contributed by atoms with van der Waals surface area (Å²) in [6.45, 7) is 5.61. The maximum Gasteiger partial charge on any atom is 0.225 e. The predicted octanol–water partition coefficient (Wildman–Crippen LogP) is 2.34. The fourth-order valence-corrected chi connectivity index (χ4v) is 2.95. The molecule has 5 nitrogen and oxygen atoms in total. The molecule has 0 spiro atoms. The molecular weight excluding hydrogens is 266 g/mol. The van der Waals surface area contributed by atoms with Crippen molar-refractivity contribution in [2.75, 3.05) is 31.2 Å². The number of hydrogen-bond donors (Lipinski definition) is 0. The molecule has 3 rings (SSSR count). The van der Waals surface area contributed by atoms with E-state index >= 15 is 0 Å². The Balaban J connectivity index is 1.41. The molecule has 1 atom stereocenters. The first-order valence-corrected chi connectivity index (χ1v) is 8.08. The van der Waals surface area contributed by atoms with Crippen molar-refractivity contribution in [3.05, 3.63) is 18.0 Å². The van der Waals surface area contributed by atoms with E-state index in [4.69, 9.17) is 9.47 Å². The number of piperidine rings is 1. The number of nitrogens with zero attached hydrogens (tertiary/aromatic N) is 3. The minimum Gasteiger partial charge on any atom is -0.376 e. The molecule has 1 aromatic rings. The van der Waals surface area contributed by atoms with Gasteiger partial charge in [0.15, 0.2) is 0 Å². The summed E-state index contributed by atoms with van der Waals surface area (Å²) in [7, 11) is 0. The average Bonchev–Trinajstić information content (AvgIpc) is 2.55. The van der Waals surface area contributed by atoms with Crippen molar-refractivity contribution < 1.29 is 9.47 Å². The molecule has 2 saturated heterocycles. The Bertz CT molecular complexity index is 424. The van der Waals surface area contributed by atoms with E-state index in [2.05, 4.69) is 14.9 Å². The molecule has 116 valence electrons. The van der Waals surface area contributed by atoms with E-state index in [1.807, 2.05) is 19.3 Å². The van der Waals surface area contributed by atoms with Crippen LogP contribution >= 0.6 is 0 Å². The lowest BCUT2D eigenvalue weighted by molar-refractivity contribution is -0.0672. The fraction of sp³-hybridized carbons (Fsp3) is 0.750. The maximum atomic E-state index is 6.03. The van der Waals surface area contributed by atoms with Crippen molar-refractivity contribution >= 4 is 5.95 Å². The Morgan fingerprint density at radius 1 is 1.19 bits per heavy atom. The Labute approximate surface area is 126 Å². The van der Waals surface area contributed by atoms with E-state index in [0.29, 0.717) is 12.2 Å². The molecular formula is C16H25N3O2. The molecule has 2 fully saturated rings. The number of aryl methyl sites for hydroxylation is 1. The van der Waals surface area contributed by atoms with Gasteiger partial charge in [0, 0.05) is 32.1 Å². The molecule has 1 aromatic heterocycles. The summed E-state index contributed by atoms with van der Waals surface area (Å²) in [6.07, 6.45) is 10.2. The van der Waals surface area contributed by atoms with Gasteiger partial charge >= 0.3 is 0 Å². The molecule has 3 heterocycles. The molecule has 2 aliphatic rings. The Hall–Kier alpha value is -1.20. The van der Waals surface area contributed by atoms with Gasteiger partial charge in [0.2, 0.25) is 5.95 Å². The number of ether oxygens (including phenoxy) is 2. The van der Waals surface area contributed by atoms with Crippen molar-refractivity contribution in [3.63, 3.8) is 0 Å². The summed E-state index contributed by atoms with van der Waals surface area (Å²) in [6, 6.07) is 0. The van der Waals surface area contributed by atoms with Crippen LogP contribution in [0.5, 0.6) is 0 Å². The summed E-state index contributed by atoms with van der Waals surface area (Å²) in [5, 5.41) is 0. The normalized spacial score (nSPS) is 24.2. The third-order valence-corrected chi connectivity index (χ3v) is 4.28. The van der Waals surface area contributed by atoms with Crippen molar-refractivity contribution in [1.29, 1.82) is 0 Å². The lowest BCUT2D eigenvalue weighted by Crippen LogP contribution is -2.39. The standard InChI is InChI=1S/C16H25N3O2/c1-13-10-17-16(18-11-13)19-7-5-14(6-8-19)21-12-15-4-2-3-9-20-15/h10-11,14-15H,2-9,12H2,1H3. The highest BCUT2D eigenvalue weighted by molar-refractivity contribution is 5.30. The summed E-state index contributed by atoms with van der Waals surface area (Å²) in [5.41, 5.74) is 1.10. The van der Waals surface area contributed by atoms with Gasteiger partial charge in [-0.2, -0.15) is 0 Å². The van der Waals surface area contributed by atoms with Crippen LogP contribution in [0.4, 0.5) is 5.95 Å². The van der Waals surface area contributed by atoms with Crippen LogP contribution in [0.2, 0.25) is 0 Å². The van der Waals surface area contributed by atoms with Gasteiger partial charge in [-0.05, 0) is 44.6 Å². The number of rotatable bonds is 4. The smallest absolute Gasteiger partial charge is 0.225 e. The lowest BCUT2D eigenvalue weighted by atomic mass is 10.1. The summed E-state index contributed by atoms with van der Waals surface area (Å²) in [5.74, 6) is 0.842. The molecule has 5 heteroatoms. The lowest BCUT2D eigenvalue weighted by Gasteiger charge is -2.33. The third-order valence-electron chi connectivity index (χ3n) is 4.28. The van der Waals surface area contributed by atoms with E-state index in [1.165, 1.54) is 12.8 Å². The van der Waals surface area contributed by atoms with Gasteiger partial charge in [-0.1, -0.05) is 0 Å². The number of hydrogen-bond acceptors (Lipinski definition) is 5. The first kappa shape index (κ1) is 14.7. The Kier molecular flexibility index (Phi) is 5.04. The Morgan fingerprint density at radius 2 is 1.95 bits per heavy atom. The minimum absolute atomic E-state index is 0.317. The molecule has 0 aliphatic carbocycles. The Morgan fingerprint density at radius 3 is 2.62 bits per heavy atom. The molecule has 2 aliphatic heterocycles. The molecule has 21 heavy (non-hydrogen) atoms. The molecule has 0 radical (unpaired) electrons.